The van der Waals surface area contributed by atoms with Crippen LogP contribution in [0.4, 0.5) is 0 Å². The zero-order chi connectivity index (χ0) is 58.5. The van der Waals surface area contributed by atoms with Gasteiger partial charge in [-0.1, -0.05) is 333 Å². The molecule has 0 spiro atoms. The van der Waals surface area contributed by atoms with Crippen molar-refractivity contribution in [2.24, 2.45) is 0 Å². The van der Waals surface area contributed by atoms with E-state index in [1.165, 1.54) is 302 Å². The molecule has 0 aromatic rings. The Morgan fingerprint density at radius 2 is 0.420 bits per heavy atom. The van der Waals surface area contributed by atoms with Crippen LogP contribution in [-0.4, -0.2) is 37.2 Å². The summed E-state index contributed by atoms with van der Waals surface area (Å²) < 4.78 is 17.0. The van der Waals surface area contributed by atoms with Crippen molar-refractivity contribution in [3.05, 3.63) is 36.5 Å². The summed E-state index contributed by atoms with van der Waals surface area (Å²) in [6.45, 7) is 6.66. The lowest BCUT2D eigenvalue weighted by Crippen LogP contribution is -2.30. The van der Waals surface area contributed by atoms with E-state index in [1.54, 1.807) is 0 Å². The molecule has 0 saturated carbocycles. The molecule has 0 fully saturated rings. The van der Waals surface area contributed by atoms with E-state index >= 15 is 0 Å². The summed E-state index contributed by atoms with van der Waals surface area (Å²) in [5.74, 6) is -0.854. The lowest BCUT2D eigenvalue weighted by Gasteiger charge is -2.18. The molecule has 0 bridgehead atoms. The van der Waals surface area contributed by atoms with E-state index in [0.29, 0.717) is 19.3 Å². The predicted molar refractivity (Wildman–Crippen MR) is 353 cm³/mol. The molecule has 1 atom stereocenters. The average molecular weight is 1140 g/mol. The van der Waals surface area contributed by atoms with Crippen LogP contribution in [0.25, 0.3) is 0 Å². The van der Waals surface area contributed by atoms with E-state index in [1.807, 2.05) is 0 Å². The molecule has 6 nitrogen and oxygen atoms in total. The fourth-order valence-electron chi connectivity index (χ4n) is 11.1. The zero-order valence-corrected chi connectivity index (χ0v) is 54.8. The van der Waals surface area contributed by atoms with Crippen LogP contribution in [0, 0.1) is 0 Å². The number of carbonyl (C=O) groups is 3. The van der Waals surface area contributed by atoms with Crippen molar-refractivity contribution in [1.82, 2.24) is 0 Å². The normalized spacial score (nSPS) is 12.2. The van der Waals surface area contributed by atoms with Gasteiger partial charge in [-0.3, -0.25) is 14.4 Å². The first-order chi connectivity index (χ1) is 40.0. The average Bonchev–Trinajstić information content (AvgIpc) is 3.47. The fraction of sp³-hybridized carbons (Fsp3) is 0.880. The molecule has 1 unspecified atom stereocenters. The highest BCUT2D eigenvalue weighted by Gasteiger charge is 2.19. The molecule has 0 N–H and O–H groups in total. The molecular weight excluding hydrogens is 997 g/mol. The summed E-state index contributed by atoms with van der Waals surface area (Å²) in [7, 11) is 0. The largest absolute Gasteiger partial charge is 0.462 e. The first-order valence-corrected chi connectivity index (χ1v) is 36.5. The van der Waals surface area contributed by atoms with Crippen LogP contribution in [0.15, 0.2) is 36.5 Å². The number of unbranched alkanes of at least 4 members (excludes halogenated alkanes) is 51. The van der Waals surface area contributed by atoms with Crippen LogP contribution in [0.5, 0.6) is 0 Å². The van der Waals surface area contributed by atoms with Crippen molar-refractivity contribution in [2.45, 2.75) is 412 Å². The number of allylic oxidation sites excluding steroid dienone is 6. The molecular formula is C75H140O6. The molecule has 476 valence electrons. The summed E-state index contributed by atoms with van der Waals surface area (Å²) in [5.41, 5.74) is 0. The molecule has 0 aromatic heterocycles. The molecule has 81 heavy (non-hydrogen) atoms. The summed E-state index contributed by atoms with van der Waals surface area (Å²) in [5, 5.41) is 0. The van der Waals surface area contributed by atoms with Crippen molar-refractivity contribution < 1.29 is 28.6 Å². The van der Waals surface area contributed by atoms with E-state index in [0.717, 1.165) is 64.2 Å². The van der Waals surface area contributed by atoms with Gasteiger partial charge in [0, 0.05) is 19.3 Å². The highest BCUT2D eigenvalue weighted by molar-refractivity contribution is 5.71. The van der Waals surface area contributed by atoms with Crippen LogP contribution in [0.1, 0.15) is 406 Å². The third kappa shape index (κ3) is 68.3. The van der Waals surface area contributed by atoms with Gasteiger partial charge in [-0.05, 0) is 89.9 Å². The summed E-state index contributed by atoms with van der Waals surface area (Å²) in [4.78, 5) is 38.4. The smallest absolute Gasteiger partial charge is 0.306 e. The number of esters is 3. The summed E-state index contributed by atoms with van der Waals surface area (Å²) in [6.07, 6.45) is 87.7. The van der Waals surface area contributed by atoms with Crippen LogP contribution in [0.2, 0.25) is 0 Å². The number of carbonyl (C=O) groups excluding carboxylic acids is 3. The molecule has 0 aliphatic rings. The Labute approximate surface area is 506 Å². The monoisotopic (exact) mass is 1140 g/mol. The second kappa shape index (κ2) is 70.1. The maximum Gasteiger partial charge on any atom is 0.306 e. The third-order valence-corrected chi connectivity index (χ3v) is 16.6. The van der Waals surface area contributed by atoms with Gasteiger partial charge in [0.1, 0.15) is 13.2 Å². The maximum atomic E-state index is 12.9. The number of hydrogen-bond donors (Lipinski definition) is 0. The standard InChI is InChI=1S/C75H140O6/c1-4-7-10-13-16-19-22-24-26-28-30-32-34-35-36-37-38-39-41-42-44-46-48-50-53-56-59-62-65-68-74(77)80-71-72(70-79-73(76)67-64-61-58-55-52-21-18-15-12-9-6-3)81-75(78)69-66-63-60-57-54-51-49-47-45-43-40-33-31-29-27-25-23-20-17-14-11-8-5-2/h15,18,28-31,72H,4-14,16-17,19-27,32-71H2,1-3H3/b18-15-,30-28-,31-29-. The SMILES string of the molecule is CCCC/C=C\CCCCCCCC(=O)OCC(COC(=O)CCCCCCCCCCCCCCCCCCC/C=C\CCCCCCCCCC)OC(=O)CCCCCCCCCCCCC/C=C\CCCCCCCCCC. The highest BCUT2D eigenvalue weighted by Crippen LogP contribution is 2.18. The minimum absolute atomic E-state index is 0.0705. The third-order valence-electron chi connectivity index (χ3n) is 16.6. The molecule has 0 rings (SSSR count). The van der Waals surface area contributed by atoms with Crippen molar-refractivity contribution >= 4 is 17.9 Å². The Morgan fingerprint density at radius 1 is 0.235 bits per heavy atom. The van der Waals surface area contributed by atoms with E-state index in [4.69, 9.17) is 14.2 Å². The topological polar surface area (TPSA) is 78.9 Å². The molecule has 0 aromatic carbocycles. The zero-order valence-electron chi connectivity index (χ0n) is 54.8. The molecule has 0 aliphatic carbocycles. The summed E-state index contributed by atoms with van der Waals surface area (Å²) in [6, 6.07) is 0. The Kier molecular flexibility index (Phi) is 68.1. The van der Waals surface area contributed by atoms with Crippen LogP contribution < -0.4 is 0 Å². The van der Waals surface area contributed by atoms with Crippen molar-refractivity contribution in [3.8, 4) is 0 Å². The minimum Gasteiger partial charge on any atom is -0.462 e. The molecule has 0 heterocycles. The van der Waals surface area contributed by atoms with Gasteiger partial charge in [0.05, 0.1) is 0 Å². The Balaban J connectivity index is 4.14. The molecule has 0 amide bonds. The van der Waals surface area contributed by atoms with Gasteiger partial charge in [0.2, 0.25) is 0 Å². The van der Waals surface area contributed by atoms with Gasteiger partial charge in [0.15, 0.2) is 6.10 Å². The number of rotatable bonds is 68. The molecule has 0 radical (unpaired) electrons. The van der Waals surface area contributed by atoms with E-state index < -0.39 is 6.10 Å². The van der Waals surface area contributed by atoms with Gasteiger partial charge in [-0.2, -0.15) is 0 Å². The van der Waals surface area contributed by atoms with E-state index in [2.05, 4.69) is 57.2 Å². The fourth-order valence-corrected chi connectivity index (χ4v) is 11.1. The second-order valence-electron chi connectivity index (χ2n) is 24.8. The molecule has 0 aliphatic heterocycles. The second-order valence-corrected chi connectivity index (χ2v) is 24.8. The Bertz CT molecular complexity index is 1350. The van der Waals surface area contributed by atoms with Crippen molar-refractivity contribution in [3.63, 3.8) is 0 Å². The maximum absolute atomic E-state index is 12.9. The lowest BCUT2D eigenvalue weighted by atomic mass is 10.0. The number of ether oxygens (including phenoxy) is 3. The minimum atomic E-state index is -0.775. The van der Waals surface area contributed by atoms with Crippen LogP contribution in [-0.2, 0) is 28.6 Å². The Morgan fingerprint density at radius 3 is 0.654 bits per heavy atom. The quantitative estimate of drug-likeness (QED) is 0.0261. The van der Waals surface area contributed by atoms with Crippen LogP contribution in [0.3, 0.4) is 0 Å². The Hall–Kier alpha value is -2.37. The molecule has 6 heteroatoms. The lowest BCUT2D eigenvalue weighted by molar-refractivity contribution is -0.167. The highest BCUT2D eigenvalue weighted by atomic mass is 16.6. The van der Waals surface area contributed by atoms with Gasteiger partial charge in [0.25, 0.3) is 0 Å². The van der Waals surface area contributed by atoms with Gasteiger partial charge in [-0.25, -0.2) is 0 Å². The predicted octanol–water partition coefficient (Wildman–Crippen LogP) is 25.1. The van der Waals surface area contributed by atoms with Crippen molar-refractivity contribution in [2.75, 3.05) is 13.2 Å². The van der Waals surface area contributed by atoms with Gasteiger partial charge < -0.3 is 14.2 Å². The number of hydrogen-bond acceptors (Lipinski definition) is 6. The first kappa shape index (κ1) is 78.6. The van der Waals surface area contributed by atoms with Gasteiger partial charge >= 0.3 is 17.9 Å². The van der Waals surface area contributed by atoms with Crippen LogP contribution >= 0.6 is 0 Å². The molecule has 0 saturated heterocycles. The van der Waals surface area contributed by atoms with E-state index in [9.17, 15) is 14.4 Å². The summed E-state index contributed by atoms with van der Waals surface area (Å²) >= 11 is 0. The van der Waals surface area contributed by atoms with Gasteiger partial charge in [-0.15, -0.1) is 0 Å². The van der Waals surface area contributed by atoms with Crippen molar-refractivity contribution in [1.29, 1.82) is 0 Å². The first-order valence-electron chi connectivity index (χ1n) is 36.5. The van der Waals surface area contributed by atoms with E-state index in [-0.39, 0.29) is 31.1 Å².